The van der Waals surface area contributed by atoms with Gasteiger partial charge in [-0.3, -0.25) is 4.68 Å². The van der Waals surface area contributed by atoms with E-state index in [1.165, 1.54) is 25.5 Å². The molecule has 2 N–H and O–H groups in total. The Balaban J connectivity index is 0.00000105. The molecule has 0 aliphatic rings. The summed E-state index contributed by atoms with van der Waals surface area (Å²) in [5, 5.41) is 3.47. The number of alkyl halides is 6. The van der Waals surface area contributed by atoms with E-state index < -0.39 is 29.3 Å². The second kappa shape index (κ2) is 7.59. The van der Waals surface area contributed by atoms with Crippen LogP contribution in [0.4, 0.5) is 32.0 Å². The van der Waals surface area contributed by atoms with Crippen molar-refractivity contribution < 1.29 is 26.3 Å². The van der Waals surface area contributed by atoms with E-state index in [2.05, 4.69) is 18.9 Å². The van der Waals surface area contributed by atoms with Crippen LogP contribution < -0.4 is 5.73 Å². The molecule has 0 aliphatic carbocycles. The van der Waals surface area contributed by atoms with E-state index >= 15 is 0 Å². The normalized spacial score (nSPS) is 12.0. The Bertz CT molecular complexity index is 772. The molecule has 0 saturated carbocycles. The zero-order chi connectivity index (χ0) is 20.4. The summed E-state index contributed by atoms with van der Waals surface area (Å²) < 4.78 is 79.1. The van der Waals surface area contributed by atoms with Gasteiger partial charge in [0.05, 0.1) is 0 Å². The van der Waals surface area contributed by atoms with E-state index in [1.807, 2.05) is 0 Å². The average Bonchev–Trinajstić information content (AvgIpc) is 2.81. The molecule has 3 nitrogen and oxygen atoms in total. The molecule has 1 aromatic carbocycles. The van der Waals surface area contributed by atoms with Crippen molar-refractivity contribution in [2.24, 2.45) is 7.05 Å². The number of rotatable bonds is 1. The molecule has 0 amide bonds. The van der Waals surface area contributed by atoms with Gasteiger partial charge < -0.3 is 5.73 Å². The van der Waals surface area contributed by atoms with Crippen LogP contribution >= 0.6 is 0 Å². The number of hydrogen-bond donors (Lipinski definition) is 1. The Morgan fingerprint density at radius 1 is 0.962 bits per heavy atom. The molecular formula is C17H21F6N3. The Morgan fingerprint density at radius 3 is 1.88 bits per heavy atom. The summed E-state index contributed by atoms with van der Waals surface area (Å²) in [4.78, 5) is 0. The number of nitrogen functional groups attached to an aromatic ring is 1. The highest BCUT2D eigenvalue weighted by molar-refractivity contribution is 5.73. The van der Waals surface area contributed by atoms with Crippen LogP contribution in [0.5, 0.6) is 0 Å². The largest absolute Gasteiger partial charge is 0.433 e. The van der Waals surface area contributed by atoms with Crippen LogP contribution in [0, 0.1) is 13.8 Å². The highest BCUT2D eigenvalue weighted by Crippen LogP contribution is 2.45. The second-order valence-corrected chi connectivity index (χ2v) is 5.92. The number of benzene rings is 1. The second-order valence-electron chi connectivity index (χ2n) is 5.92. The number of aryl methyl sites for hydroxylation is 3. The first kappa shape index (κ1) is 21.9. The zero-order valence-electron chi connectivity index (χ0n) is 15.1. The van der Waals surface area contributed by atoms with Crippen LogP contribution in [0.15, 0.2) is 12.1 Å². The first-order chi connectivity index (χ1) is 11.8. The first-order valence-electron chi connectivity index (χ1n) is 7.84. The van der Waals surface area contributed by atoms with Gasteiger partial charge in [-0.05, 0) is 31.0 Å². The van der Waals surface area contributed by atoms with Crippen LogP contribution in [0.1, 0.15) is 42.7 Å². The fourth-order valence-corrected chi connectivity index (χ4v) is 2.43. The van der Waals surface area contributed by atoms with Crippen LogP contribution in [-0.4, -0.2) is 9.78 Å². The Hall–Kier alpha value is -2.19. The zero-order valence-corrected chi connectivity index (χ0v) is 15.1. The lowest BCUT2D eigenvalue weighted by atomic mass is 9.98. The molecule has 26 heavy (non-hydrogen) atoms. The third-order valence-corrected chi connectivity index (χ3v) is 3.47. The Labute approximate surface area is 147 Å². The van der Waals surface area contributed by atoms with Crippen molar-refractivity contribution in [3.05, 3.63) is 34.5 Å². The van der Waals surface area contributed by atoms with E-state index in [-0.39, 0.29) is 15.9 Å². The maximum atomic E-state index is 13.3. The van der Waals surface area contributed by atoms with Gasteiger partial charge in [-0.2, -0.15) is 31.4 Å². The van der Waals surface area contributed by atoms with E-state index in [9.17, 15) is 26.3 Å². The number of nitrogens with zero attached hydrogens (tertiary/aromatic N) is 2. The van der Waals surface area contributed by atoms with Crippen molar-refractivity contribution in [3.8, 4) is 11.3 Å². The summed E-state index contributed by atoms with van der Waals surface area (Å²) in [6, 6.07) is 2.72. The van der Waals surface area contributed by atoms with Crippen LogP contribution in [-0.2, 0) is 19.4 Å². The minimum absolute atomic E-state index is 0.0773. The number of nitrogens with two attached hydrogens (primary N) is 1. The molecule has 0 unspecified atom stereocenters. The van der Waals surface area contributed by atoms with Gasteiger partial charge in [0, 0.05) is 18.3 Å². The molecule has 0 radical (unpaired) electrons. The first-order valence-corrected chi connectivity index (χ1v) is 7.84. The minimum atomic E-state index is -5.21. The molecule has 0 bridgehead atoms. The van der Waals surface area contributed by atoms with Crippen molar-refractivity contribution >= 4 is 5.69 Å². The van der Waals surface area contributed by atoms with Gasteiger partial charge in [0.15, 0.2) is 5.69 Å². The molecular weight excluding hydrogens is 360 g/mol. The van der Waals surface area contributed by atoms with E-state index in [1.54, 1.807) is 6.92 Å². The van der Waals surface area contributed by atoms with Gasteiger partial charge in [-0.1, -0.05) is 26.3 Å². The maximum absolute atomic E-state index is 13.3. The topological polar surface area (TPSA) is 43.8 Å². The summed E-state index contributed by atoms with van der Waals surface area (Å²) >= 11 is 0. The number of aromatic nitrogens is 2. The Morgan fingerprint density at radius 2 is 1.46 bits per heavy atom. The fourth-order valence-electron chi connectivity index (χ4n) is 2.43. The number of hydrogen-bond acceptors (Lipinski definition) is 2. The molecule has 1 heterocycles. The highest BCUT2D eigenvalue weighted by Gasteiger charge is 2.49. The van der Waals surface area contributed by atoms with Crippen molar-refractivity contribution in [3.63, 3.8) is 0 Å². The minimum Gasteiger partial charge on any atom is -0.398 e. The van der Waals surface area contributed by atoms with E-state index in [4.69, 9.17) is 5.73 Å². The van der Waals surface area contributed by atoms with Gasteiger partial charge in [-0.15, -0.1) is 0 Å². The molecule has 0 saturated heterocycles. The molecule has 0 atom stereocenters. The molecule has 2 rings (SSSR count). The van der Waals surface area contributed by atoms with Gasteiger partial charge in [0.25, 0.3) is 0 Å². The molecule has 2 aromatic rings. The van der Waals surface area contributed by atoms with Crippen LogP contribution in [0.2, 0.25) is 0 Å². The van der Waals surface area contributed by atoms with Gasteiger partial charge in [-0.25, -0.2) is 0 Å². The van der Waals surface area contributed by atoms with Gasteiger partial charge in [0.1, 0.15) is 11.3 Å². The van der Waals surface area contributed by atoms with Crippen molar-refractivity contribution in [1.82, 2.24) is 9.78 Å². The summed E-state index contributed by atoms with van der Waals surface area (Å²) in [5.74, 6) is 0. The summed E-state index contributed by atoms with van der Waals surface area (Å²) in [6.45, 7) is 7.39. The predicted molar refractivity (Wildman–Crippen MR) is 88.5 cm³/mol. The lowest BCUT2D eigenvalue weighted by Crippen LogP contribution is -2.19. The third kappa shape index (κ3) is 4.50. The molecule has 1 aromatic heterocycles. The van der Waals surface area contributed by atoms with Gasteiger partial charge >= 0.3 is 12.4 Å². The predicted octanol–water partition coefficient (Wildman–Crippen LogP) is 5.74. The monoisotopic (exact) mass is 381 g/mol. The molecule has 9 heteroatoms. The standard InChI is InChI=1S/C14H13F6N3.C3H8/c1-6-4-7(2)9(21)5-8(6)11-10(13(15,16)17)12(14(18,19)20)23(3)22-11;1-3-2/h4-5H,21H2,1-3H3;3H2,1-2H3. The lowest BCUT2D eigenvalue weighted by molar-refractivity contribution is -0.165. The van der Waals surface area contributed by atoms with Crippen LogP contribution in [0.25, 0.3) is 11.3 Å². The van der Waals surface area contributed by atoms with Crippen molar-refractivity contribution in [1.29, 1.82) is 0 Å². The van der Waals surface area contributed by atoms with Gasteiger partial charge in [0.2, 0.25) is 0 Å². The fraction of sp³-hybridized carbons (Fsp3) is 0.471. The third-order valence-electron chi connectivity index (χ3n) is 3.47. The van der Waals surface area contributed by atoms with E-state index in [0.717, 1.165) is 7.05 Å². The quantitative estimate of drug-likeness (QED) is 0.506. The Kier molecular flexibility index (Phi) is 6.38. The highest BCUT2D eigenvalue weighted by atomic mass is 19.4. The SMILES string of the molecule is CCC.Cc1cc(C)c(-c2nn(C)c(C(F)(F)F)c2C(F)(F)F)cc1N. The average molecular weight is 381 g/mol. The molecule has 146 valence electrons. The summed E-state index contributed by atoms with van der Waals surface area (Å²) in [6.07, 6.45) is -9.14. The number of halogens is 6. The molecule has 0 fully saturated rings. The molecule has 0 spiro atoms. The number of anilines is 1. The smallest absolute Gasteiger partial charge is 0.398 e. The maximum Gasteiger partial charge on any atom is 0.433 e. The summed E-state index contributed by atoms with van der Waals surface area (Å²) in [5.41, 5.74) is 2.33. The lowest BCUT2D eigenvalue weighted by Gasteiger charge is -2.14. The molecule has 0 aliphatic heterocycles. The van der Waals surface area contributed by atoms with E-state index in [0.29, 0.717) is 11.1 Å². The van der Waals surface area contributed by atoms with Crippen molar-refractivity contribution in [2.75, 3.05) is 5.73 Å². The summed E-state index contributed by atoms with van der Waals surface area (Å²) in [7, 11) is 0.828. The van der Waals surface area contributed by atoms with Crippen molar-refractivity contribution in [2.45, 2.75) is 46.5 Å². The van der Waals surface area contributed by atoms with Crippen LogP contribution in [0.3, 0.4) is 0 Å².